The van der Waals surface area contributed by atoms with E-state index in [1.165, 1.54) is 48.5 Å². The second-order valence-electron chi connectivity index (χ2n) is 6.94. The summed E-state index contributed by atoms with van der Waals surface area (Å²) in [5.74, 6) is -0.781. The monoisotopic (exact) mass is 448 g/mol. The molecule has 3 aromatic carbocycles. The molecular weight excluding hydrogens is 427 g/mol. The fourth-order valence-electron chi connectivity index (χ4n) is 2.85. The Morgan fingerprint density at radius 2 is 1.43 bits per heavy atom. The van der Waals surface area contributed by atoms with Crippen LogP contribution in [0.15, 0.2) is 71.6 Å². The molecule has 158 valence electrons. The molecule has 0 spiro atoms. The molecule has 0 aromatic heterocycles. The van der Waals surface area contributed by atoms with Crippen molar-refractivity contribution in [1.82, 2.24) is 0 Å². The first-order chi connectivity index (χ1) is 14.0. The Kier molecular flexibility index (Phi) is 6.14. The minimum Gasteiger partial charge on any atom is -0.283 e. The lowest BCUT2D eigenvalue weighted by molar-refractivity contribution is 0.599. The van der Waals surface area contributed by atoms with Gasteiger partial charge < -0.3 is 0 Å². The number of anilines is 2. The molecule has 0 fully saturated rings. The number of halogens is 1. The topological polar surface area (TPSA) is 92.3 Å². The molecular formula is C21H21FN2O4S2. The molecule has 0 amide bonds. The molecule has 0 aliphatic rings. The molecule has 0 saturated carbocycles. The Morgan fingerprint density at radius 3 is 2.03 bits per heavy atom. The molecule has 0 heterocycles. The van der Waals surface area contributed by atoms with Crippen LogP contribution < -0.4 is 9.44 Å². The van der Waals surface area contributed by atoms with Crippen molar-refractivity contribution in [2.24, 2.45) is 0 Å². The van der Waals surface area contributed by atoms with Gasteiger partial charge >= 0.3 is 0 Å². The Morgan fingerprint density at radius 1 is 0.800 bits per heavy atom. The SMILES string of the molecule is Cc1ccc(NS(=O)(=O)c2ccc(NS(=O)(=O)Cc3ccc(F)cc3)cc2)c(C)c1. The van der Waals surface area contributed by atoms with E-state index in [9.17, 15) is 21.2 Å². The van der Waals surface area contributed by atoms with Gasteiger partial charge in [0.25, 0.3) is 10.0 Å². The summed E-state index contributed by atoms with van der Waals surface area (Å²) in [5, 5.41) is 0. The number of nitrogens with one attached hydrogen (secondary N) is 2. The summed E-state index contributed by atoms with van der Waals surface area (Å²) in [5.41, 5.74) is 2.95. The molecule has 0 radical (unpaired) electrons. The summed E-state index contributed by atoms with van der Waals surface area (Å²) >= 11 is 0. The van der Waals surface area contributed by atoms with Crippen molar-refractivity contribution in [3.8, 4) is 0 Å². The van der Waals surface area contributed by atoms with Gasteiger partial charge in [-0.3, -0.25) is 9.44 Å². The van der Waals surface area contributed by atoms with Crippen molar-refractivity contribution in [2.75, 3.05) is 9.44 Å². The summed E-state index contributed by atoms with van der Waals surface area (Å²) in [6.45, 7) is 3.73. The lowest BCUT2D eigenvalue weighted by Gasteiger charge is -2.12. The lowest BCUT2D eigenvalue weighted by Crippen LogP contribution is -2.16. The van der Waals surface area contributed by atoms with E-state index in [1.54, 1.807) is 6.07 Å². The average Bonchev–Trinajstić information content (AvgIpc) is 2.66. The molecule has 0 bridgehead atoms. The quantitative estimate of drug-likeness (QED) is 0.567. The Bertz CT molecular complexity index is 1260. The molecule has 2 N–H and O–H groups in total. The standard InChI is InChI=1S/C21H21FN2O4S2/c1-15-3-12-21(16(2)13-15)24-30(27,28)20-10-8-19(9-11-20)23-29(25,26)14-17-4-6-18(22)7-5-17/h3-13,23-24H,14H2,1-2H3. The first kappa shape index (κ1) is 21.8. The lowest BCUT2D eigenvalue weighted by atomic mass is 10.1. The molecule has 0 aliphatic heterocycles. The van der Waals surface area contributed by atoms with Crippen molar-refractivity contribution in [3.05, 3.63) is 89.2 Å². The molecule has 0 saturated heterocycles. The van der Waals surface area contributed by atoms with E-state index in [4.69, 9.17) is 0 Å². The van der Waals surface area contributed by atoms with Crippen LogP contribution in [0.3, 0.4) is 0 Å². The molecule has 3 rings (SSSR count). The van der Waals surface area contributed by atoms with E-state index in [2.05, 4.69) is 9.44 Å². The van der Waals surface area contributed by atoms with Gasteiger partial charge in [-0.05, 0) is 67.4 Å². The zero-order valence-corrected chi connectivity index (χ0v) is 18.0. The predicted molar refractivity (Wildman–Crippen MR) is 116 cm³/mol. The van der Waals surface area contributed by atoms with Crippen LogP contribution in [0.1, 0.15) is 16.7 Å². The fourth-order valence-corrected chi connectivity index (χ4v) is 5.18. The first-order valence-electron chi connectivity index (χ1n) is 8.99. The summed E-state index contributed by atoms with van der Waals surface area (Å²) < 4.78 is 67.7. The van der Waals surface area contributed by atoms with Crippen LogP contribution >= 0.6 is 0 Å². The second kappa shape index (κ2) is 8.45. The highest BCUT2D eigenvalue weighted by Crippen LogP contribution is 2.22. The molecule has 0 atom stereocenters. The molecule has 30 heavy (non-hydrogen) atoms. The third kappa shape index (κ3) is 5.58. The van der Waals surface area contributed by atoms with Gasteiger partial charge in [-0.25, -0.2) is 21.2 Å². The maximum absolute atomic E-state index is 13.0. The zero-order valence-electron chi connectivity index (χ0n) is 16.4. The van der Waals surface area contributed by atoms with Gasteiger partial charge in [0, 0.05) is 5.69 Å². The normalized spacial score (nSPS) is 11.8. The highest BCUT2D eigenvalue weighted by atomic mass is 32.2. The molecule has 0 aliphatic carbocycles. The number of hydrogen-bond donors (Lipinski definition) is 2. The highest BCUT2D eigenvalue weighted by Gasteiger charge is 2.17. The van der Waals surface area contributed by atoms with E-state index < -0.39 is 25.9 Å². The molecule has 3 aromatic rings. The third-order valence-electron chi connectivity index (χ3n) is 4.33. The van der Waals surface area contributed by atoms with E-state index in [1.807, 2.05) is 26.0 Å². The predicted octanol–water partition coefficient (Wildman–Crippen LogP) is 4.19. The van der Waals surface area contributed by atoms with Crippen LogP contribution in [0.4, 0.5) is 15.8 Å². The summed E-state index contributed by atoms with van der Waals surface area (Å²) in [7, 11) is -7.57. The van der Waals surface area contributed by atoms with Crippen LogP contribution in [0.2, 0.25) is 0 Å². The number of sulfonamides is 2. The van der Waals surface area contributed by atoms with Crippen LogP contribution in [0.5, 0.6) is 0 Å². The number of benzene rings is 3. The summed E-state index contributed by atoms with van der Waals surface area (Å²) in [4.78, 5) is 0.00366. The average molecular weight is 449 g/mol. The van der Waals surface area contributed by atoms with Crippen molar-refractivity contribution in [3.63, 3.8) is 0 Å². The minimum absolute atomic E-state index is 0.00366. The van der Waals surface area contributed by atoms with E-state index in [0.29, 0.717) is 11.3 Å². The maximum Gasteiger partial charge on any atom is 0.261 e. The maximum atomic E-state index is 13.0. The van der Waals surface area contributed by atoms with Gasteiger partial charge in [0.05, 0.1) is 16.3 Å². The van der Waals surface area contributed by atoms with Gasteiger partial charge in [-0.1, -0.05) is 29.8 Å². The van der Waals surface area contributed by atoms with Crippen LogP contribution in [-0.2, 0) is 25.8 Å². The number of hydrogen-bond acceptors (Lipinski definition) is 4. The fraction of sp³-hybridized carbons (Fsp3) is 0.143. The number of aryl methyl sites for hydroxylation is 2. The Hall–Kier alpha value is -2.91. The second-order valence-corrected chi connectivity index (χ2v) is 10.3. The van der Waals surface area contributed by atoms with E-state index in [0.717, 1.165) is 11.1 Å². The summed E-state index contributed by atoms with van der Waals surface area (Å²) in [6, 6.07) is 15.9. The molecule has 6 nitrogen and oxygen atoms in total. The smallest absolute Gasteiger partial charge is 0.261 e. The van der Waals surface area contributed by atoms with Gasteiger partial charge in [0.2, 0.25) is 10.0 Å². The van der Waals surface area contributed by atoms with Crippen molar-refractivity contribution in [2.45, 2.75) is 24.5 Å². The van der Waals surface area contributed by atoms with Gasteiger partial charge in [0.15, 0.2) is 0 Å². The van der Waals surface area contributed by atoms with Crippen LogP contribution in [-0.4, -0.2) is 16.8 Å². The zero-order chi connectivity index (χ0) is 21.9. The first-order valence-corrected chi connectivity index (χ1v) is 12.1. The van der Waals surface area contributed by atoms with Crippen molar-refractivity contribution < 1.29 is 21.2 Å². The third-order valence-corrected chi connectivity index (χ3v) is 6.98. The largest absolute Gasteiger partial charge is 0.283 e. The Balaban J connectivity index is 1.72. The van der Waals surface area contributed by atoms with E-state index >= 15 is 0 Å². The van der Waals surface area contributed by atoms with Gasteiger partial charge in [0.1, 0.15) is 5.82 Å². The van der Waals surface area contributed by atoms with Gasteiger partial charge in [-0.2, -0.15) is 0 Å². The van der Waals surface area contributed by atoms with E-state index in [-0.39, 0.29) is 16.3 Å². The summed E-state index contributed by atoms with van der Waals surface area (Å²) in [6.07, 6.45) is 0. The minimum atomic E-state index is -3.82. The number of rotatable bonds is 7. The van der Waals surface area contributed by atoms with Crippen LogP contribution in [0.25, 0.3) is 0 Å². The highest BCUT2D eigenvalue weighted by molar-refractivity contribution is 7.92. The molecule has 9 heteroatoms. The van der Waals surface area contributed by atoms with Gasteiger partial charge in [-0.15, -0.1) is 0 Å². The Labute approximate surface area is 175 Å². The van der Waals surface area contributed by atoms with Crippen molar-refractivity contribution >= 4 is 31.4 Å². The molecule has 0 unspecified atom stereocenters. The van der Waals surface area contributed by atoms with Crippen molar-refractivity contribution in [1.29, 1.82) is 0 Å². The van der Waals surface area contributed by atoms with Crippen LogP contribution in [0, 0.1) is 19.7 Å².